The van der Waals surface area contributed by atoms with Crippen molar-refractivity contribution in [3.05, 3.63) is 0 Å². The van der Waals surface area contributed by atoms with E-state index < -0.39 is 18.1 Å². The van der Waals surface area contributed by atoms with Crippen molar-refractivity contribution in [1.82, 2.24) is 0 Å². The zero-order chi connectivity index (χ0) is 11.6. The molecule has 0 amide bonds. The van der Waals surface area contributed by atoms with E-state index in [9.17, 15) is 8.78 Å². The topological polar surface area (TPSA) is 9.23 Å². The van der Waals surface area contributed by atoms with Gasteiger partial charge in [-0.3, -0.25) is 0 Å². The first-order chi connectivity index (χ1) is 5.91. The van der Waals surface area contributed by atoms with E-state index in [1.807, 2.05) is 0 Å². The fourth-order valence-corrected chi connectivity index (χ4v) is 1.15. The first-order valence-corrected chi connectivity index (χ1v) is 4.93. The molecular formula is C11H22F2O. The van der Waals surface area contributed by atoms with Crippen molar-refractivity contribution in [3.63, 3.8) is 0 Å². The molecule has 1 nitrogen and oxygen atoms in total. The molecule has 0 heterocycles. The number of hydrogen-bond donors (Lipinski definition) is 0. The monoisotopic (exact) mass is 208 g/mol. The van der Waals surface area contributed by atoms with Crippen molar-refractivity contribution >= 4 is 0 Å². The highest BCUT2D eigenvalue weighted by Gasteiger charge is 2.35. The molecule has 0 saturated heterocycles. The van der Waals surface area contributed by atoms with E-state index in [1.165, 1.54) is 0 Å². The predicted octanol–water partition coefficient (Wildman–Crippen LogP) is 3.87. The maximum absolute atomic E-state index is 13.3. The molecule has 0 rings (SSSR count). The van der Waals surface area contributed by atoms with Gasteiger partial charge in [0.05, 0.1) is 5.60 Å². The molecule has 0 aromatic heterocycles. The van der Waals surface area contributed by atoms with E-state index in [1.54, 1.807) is 41.5 Å². The summed E-state index contributed by atoms with van der Waals surface area (Å²) in [6.45, 7) is 10.3. The van der Waals surface area contributed by atoms with Gasteiger partial charge in [0, 0.05) is 6.42 Å². The lowest BCUT2D eigenvalue weighted by molar-refractivity contribution is -0.136. The summed E-state index contributed by atoms with van der Waals surface area (Å²) in [5.74, 6) is -2.73. The van der Waals surface area contributed by atoms with Gasteiger partial charge in [0.1, 0.15) is 6.61 Å². The second-order valence-electron chi connectivity index (χ2n) is 5.99. The summed E-state index contributed by atoms with van der Waals surface area (Å²) < 4.78 is 31.7. The van der Waals surface area contributed by atoms with Crippen molar-refractivity contribution in [1.29, 1.82) is 0 Å². The number of ether oxygens (including phenoxy) is 1. The van der Waals surface area contributed by atoms with Crippen LogP contribution in [0.4, 0.5) is 8.78 Å². The van der Waals surface area contributed by atoms with Gasteiger partial charge < -0.3 is 4.74 Å². The van der Waals surface area contributed by atoms with Crippen molar-refractivity contribution in [2.45, 2.75) is 59.5 Å². The van der Waals surface area contributed by atoms with E-state index in [0.29, 0.717) is 0 Å². The van der Waals surface area contributed by atoms with Gasteiger partial charge in [-0.1, -0.05) is 20.8 Å². The van der Waals surface area contributed by atoms with Crippen LogP contribution in [0.15, 0.2) is 0 Å². The Morgan fingerprint density at radius 3 is 1.64 bits per heavy atom. The smallest absolute Gasteiger partial charge is 0.271 e. The van der Waals surface area contributed by atoms with Gasteiger partial charge >= 0.3 is 0 Å². The molecule has 0 aromatic rings. The first kappa shape index (κ1) is 13.8. The normalized spacial score (nSPS) is 14.6. The molecule has 0 atom stereocenters. The number of halogens is 2. The Morgan fingerprint density at radius 2 is 1.36 bits per heavy atom. The summed E-state index contributed by atoms with van der Waals surface area (Å²) in [7, 11) is 0. The Labute approximate surface area is 85.8 Å². The van der Waals surface area contributed by atoms with Gasteiger partial charge in [-0.05, 0) is 26.2 Å². The van der Waals surface area contributed by atoms with Gasteiger partial charge in [-0.15, -0.1) is 0 Å². The maximum atomic E-state index is 13.3. The average molecular weight is 208 g/mol. The van der Waals surface area contributed by atoms with Crippen LogP contribution in [0, 0.1) is 5.41 Å². The van der Waals surface area contributed by atoms with Crippen LogP contribution in [-0.2, 0) is 4.74 Å². The van der Waals surface area contributed by atoms with Crippen LogP contribution < -0.4 is 0 Å². The summed E-state index contributed by atoms with van der Waals surface area (Å²) in [5, 5.41) is 0. The number of rotatable bonds is 3. The Bertz CT molecular complexity index is 175. The van der Waals surface area contributed by atoms with Crippen molar-refractivity contribution in [2.24, 2.45) is 5.41 Å². The Hall–Kier alpha value is -0.180. The van der Waals surface area contributed by atoms with Crippen LogP contribution in [-0.4, -0.2) is 18.1 Å². The molecule has 0 radical (unpaired) electrons. The molecule has 0 N–H and O–H groups in total. The average Bonchev–Trinajstić information content (AvgIpc) is 1.76. The van der Waals surface area contributed by atoms with Crippen LogP contribution in [0.3, 0.4) is 0 Å². The minimum absolute atomic E-state index is 0.143. The lowest BCUT2D eigenvalue weighted by Gasteiger charge is -2.28. The summed E-state index contributed by atoms with van der Waals surface area (Å²) in [6, 6.07) is 0. The number of hydrogen-bond acceptors (Lipinski definition) is 1. The molecule has 0 fully saturated rings. The van der Waals surface area contributed by atoms with Crippen LogP contribution in [0.2, 0.25) is 0 Å². The quantitative estimate of drug-likeness (QED) is 0.684. The summed E-state index contributed by atoms with van der Waals surface area (Å²) in [5.41, 5.74) is -0.869. The second-order valence-corrected chi connectivity index (χ2v) is 5.99. The van der Waals surface area contributed by atoms with E-state index in [4.69, 9.17) is 4.74 Å². The van der Waals surface area contributed by atoms with Gasteiger partial charge in [-0.25, -0.2) is 8.78 Å². The molecule has 14 heavy (non-hydrogen) atoms. The lowest BCUT2D eigenvalue weighted by atomic mass is 9.89. The Kier molecular flexibility index (Phi) is 4.08. The number of alkyl halides is 2. The second kappa shape index (κ2) is 4.13. The molecule has 0 aliphatic rings. The van der Waals surface area contributed by atoms with Gasteiger partial charge in [0.25, 0.3) is 5.92 Å². The highest BCUT2D eigenvalue weighted by Crippen LogP contribution is 2.32. The Balaban J connectivity index is 4.09. The fourth-order valence-electron chi connectivity index (χ4n) is 1.15. The minimum Gasteiger partial charge on any atom is -0.370 e. The highest BCUT2D eigenvalue weighted by atomic mass is 19.3. The first-order valence-electron chi connectivity index (χ1n) is 4.93. The summed E-state index contributed by atoms with van der Waals surface area (Å²) in [6.07, 6.45) is -0.143. The van der Waals surface area contributed by atoms with Gasteiger partial charge in [-0.2, -0.15) is 0 Å². The third-order valence-electron chi connectivity index (χ3n) is 1.51. The molecule has 0 aliphatic heterocycles. The molecule has 3 heteroatoms. The van der Waals surface area contributed by atoms with E-state index in [2.05, 4.69) is 0 Å². The third kappa shape index (κ3) is 8.42. The van der Waals surface area contributed by atoms with Crippen molar-refractivity contribution in [2.75, 3.05) is 6.61 Å². The van der Waals surface area contributed by atoms with Crippen molar-refractivity contribution < 1.29 is 13.5 Å². The molecule has 0 aromatic carbocycles. The van der Waals surface area contributed by atoms with E-state index in [0.717, 1.165) is 0 Å². The zero-order valence-corrected chi connectivity index (χ0v) is 10.1. The molecule has 0 saturated carbocycles. The molecule has 0 unspecified atom stereocenters. The van der Waals surface area contributed by atoms with Crippen LogP contribution in [0.1, 0.15) is 48.0 Å². The molecular weight excluding hydrogens is 186 g/mol. The molecule has 86 valence electrons. The van der Waals surface area contributed by atoms with Crippen LogP contribution in [0.25, 0.3) is 0 Å². The van der Waals surface area contributed by atoms with E-state index >= 15 is 0 Å². The minimum atomic E-state index is -2.73. The van der Waals surface area contributed by atoms with E-state index in [-0.39, 0.29) is 11.8 Å². The molecule has 0 spiro atoms. The molecule has 0 aliphatic carbocycles. The predicted molar refractivity (Wildman–Crippen MR) is 54.7 cm³/mol. The van der Waals surface area contributed by atoms with Crippen LogP contribution >= 0.6 is 0 Å². The van der Waals surface area contributed by atoms with Crippen molar-refractivity contribution in [3.8, 4) is 0 Å². The summed E-state index contributed by atoms with van der Waals surface area (Å²) in [4.78, 5) is 0. The van der Waals surface area contributed by atoms with Gasteiger partial charge in [0.2, 0.25) is 0 Å². The standard InChI is InChI=1S/C11H22F2O/c1-9(2,3)7-11(12,13)8-14-10(4,5)6/h7-8H2,1-6H3. The zero-order valence-electron chi connectivity index (χ0n) is 10.1. The lowest BCUT2D eigenvalue weighted by Crippen LogP contribution is -2.33. The highest BCUT2D eigenvalue weighted by molar-refractivity contribution is 4.76. The largest absolute Gasteiger partial charge is 0.370 e. The molecule has 0 bridgehead atoms. The maximum Gasteiger partial charge on any atom is 0.271 e. The fraction of sp³-hybridized carbons (Fsp3) is 1.00. The van der Waals surface area contributed by atoms with Crippen LogP contribution in [0.5, 0.6) is 0 Å². The SMILES string of the molecule is CC(C)(C)CC(F)(F)COC(C)(C)C. The Morgan fingerprint density at radius 1 is 0.929 bits per heavy atom. The summed E-state index contributed by atoms with van der Waals surface area (Å²) >= 11 is 0. The van der Waals surface area contributed by atoms with Gasteiger partial charge in [0.15, 0.2) is 0 Å². The third-order valence-corrected chi connectivity index (χ3v) is 1.51.